The average molecular weight is 258 g/mol. The zero-order valence-corrected chi connectivity index (χ0v) is 11.9. The molecule has 20 heavy (non-hydrogen) atoms. The molecule has 0 heterocycles. The van der Waals surface area contributed by atoms with Gasteiger partial charge in [0.1, 0.15) is 0 Å². The fourth-order valence-corrected chi connectivity index (χ4v) is 2.45. The molecule has 0 aliphatic heterocycles. The highest BCUT2D eigenvalue weighted by Gasteiger charge is 2.06. The Morgan fingerprint density at radius 1 is 0.450 bits per heavy atom. The number of benzene rings is 3. The summed E-state index contributed by atoms with van der Waals surface area (Å²) in [6.45, 7) is 4.24. The van der Waals surface area contributed by atoms with Gasteiger partial charge in [-0.05, 0) is 36.1 Å². The van der Waals surface area contributed by atoms with Gasteiger partial charge in [0.2, 0.25) is 0 Å². The van der Waals surface area contributed by atoms with E-state index in [1.165, 1.54) is 33.4 Å². The summed E-state index contributed by atoms with van der Waals surface area (Å²) in [6, 6.07) is 26.1. The normalized spacial score (nSPS) is 10.5. The fourth-order valence-electron chi connectivity index (χ4n) is 2.45. The second-order valence-electron chi connectivity index (χ2n) is 5.28. The van der Waals surface area contributed by atoms with Crippen LogP contribution in [-0.4, -0.2) is 0 Å². The fraction of sp³-hybridized carbons (Fsp3) is 0.100. The Balaban J connectivity index is 2.13. The van der Waals surface area contributed by atoms with Crippen LogP contribution < -0.4 is 0 Å². The van der Waals surface area contributed by atoms with Crippen LogP contribution in [-0.2, 0) is 0 Å². The maximum absolute atomic E-state index is 2.20. The number of hydrogen-bond donors (Lipinski definition) is 0. The zero-order valence-electron chi connectivity index (χ0n) is 11.9. The van der Waals surface area contributed by atoms with Crippen molar-refractivity contribution < 1.29 is 0 Å². The van der Waals surface area contributed by atoms with E-state index in [2.05, 4.69) is 86.6 Å². The highest BCUT2D eigenvalue weighted by molar-refractivity contribution is 5.83. The SMILES string of the molecule is Cc1ccc(-c2ccccc2-c2ccc(C)cc2)cc1. The summed E-state index contributed by atoms with van der Waals surface area (Å²) in [7, 11) is 0. The van der Waals surface area contributed by atoms with Gasteiger partial charge in [0.25, 0.3) is 0 Å². The third-order valence-electron chi connectivity index (χ3n) is 3.65. The Hall–Kier alpha value is -2.34. The van der Waals surface area contributed by atoms with E-state index in [-0.39, 0.29) is 0 Å². The van der Waals surface area contributed by atoms with Crippen LogP contribution in [0.15, 0.2) is 72.8 Å². The van der Waals surface area contributed by atoms with Gasteiger partial charge in [0.05, 0.1) is 0 Å². The maximum atomic E-state index is 2.20. The van der Waals surface area contributed by atoms with Crippen molar-refractivity contribution in [1.82, 2.24) is 0 Å². The van der Waals surface area contributed by atoms with E-state index in [0.717, 1.165) is 0 Å². The second kappa shape index (κ2) is 5.34. The molecule has 3 rings (SSSR count). The molecule has 0 atom stereocenters. The summed E-state index contributed by atoms with van der Waals surface area (Å²) < 4.78 is 0. The van der Waals surface area contributed by atoms with Crippen LogP contribution in [0.3, 0.4) is 0 Å². The van der Waals surface area contributed by atoms with Gasteiger partial charge in [-0.25, -0.2) is 0 Å². The van der Waals surface area contributed by atoms with E-state index in [1.807, 2.05) is 0 Å². The van der Waals surface area contributed by atoms with Crippen molar-refractivity contribution in [2.75, 3.05) is 0 Å². The molecule has 0 spiro atoms. The van der Waals surface area contributed by atoms with Crippen LogP contribution in [0.2, 0.25) is 0 Å². The van der Waals surface area contributed by atoms with Crippen LogP contribution in [0, 0.1) is 13.8 Å². The van der Waals surface area contributed by atoms with Gasteiger partial charge in [0, 0.05) is 0 Å². The smallest absolute Gasteiger partial charge is 0.0105 e. The van der Waals surface area contributed by atoms with E-state index in [4.69, 9.17) is 0 Å². The number of rotatable bonds is 2. The number of aryl methyl sites for hydroxylation is 2. The van der Waals surface area contributed by atoms with Crippen LogP contribution in [0.1, 0.15) is 11.1 Å². The monoisotopic (exact) mass is 258 g/mol. The lowest BCUT2D eigenvalue weighted by atomic mass is 9.94. The Kier molecular flexibility index (Phi) is 3.39. The molecular formula is C20H18. The molecule has 0 fully saturated rings. The number of hydrogen-bond acceptors (Lipinski definition) is 0. The van der Waals surface area contributed by atoms with Crippen molar-refractivity contribution in [1.29, 1.82) is 0 Å². The highest BCUT2D eigenvalue weighted by atomic mass is 14.1. The molecule has 0 aromatic heterocycles. The van der Waals surface area contributed by atoms with Gasteiger partial charge in [-0.3, -0.25) is 0 Å². The second-order valence-corrected chi connectivity index (χ2v) is 5.28. The summed E-state index contributed by atoms with van der Waals surface area (Å²) >= 11 is 0. The van der Waals surface area contributed by atoms with Crippen LogP contribution in [0.5, 0.6) is 0 Å². The van der Waals surface area contributed by atoms with Crippen LogP contribution in [0.25, 0.3) is 22.3 Å². The summed E-state index contributed by atoms with van der Waals surface area (Å²) in [4.78, 5) is 0. The van der Waals surface area contributed by atoms with Gasteiger partial charge in [0.15, 0.2) is 0 Å². The maximum Gasteiger partial charge on any atom is -0.0105 e. The molecule has 0 bridgehead atoms. The lowest BCUT2D eigenvalue weighted by Gasteiger charge is -2.10. The Morgan fingerprint density at radius 2 is 0.800 bits per heavy atom. The predicted octanol–water partition coefficient (Wildman–Crippen LogP) is 5.64. The summed E-state index contributed by atoms with van der Waals surface area (Å²) in [6.07, 6.45) is 0. The van der Waals surface area contributed by atoms with Crippen molar-refractivity contribution >= 4 is 0 Å². The zero-order chi connectivity index (χ0) is 13.9. The minimum Gasteiger partial charge on any atom is -0.0616 e. The van der Waals surface area contributed by atoms with Crippen molar-refractivity contribution in [2.45, 2.75) is 13.8 Å². The van der Waals surface area contributed by atoms with E-state index in [9.17, 15) is 0 Å². The van der Waals surface area contributed by atoms with Gasteiger partial charge < -0.3 is 0 Å². The Bertz CT molecular complexity index is 639. The lowest BCUT2D eigenvalue weighted by molar-refractivity contribution is 1.46. The highest BCUT2D eigenvalue weighted by Crippen LogP contribution is 2.32. The molecule has 3 aromatic carbocycles. The standard InChI is InChI=1S/C20H18/c1-15-7-11-17(12-8-15)19-5-3-4-6-20(19)18-13-9-16(2)10-14-18/h3-14H,1-2H3. The largest absolute Gasteiger partial charge is 0.0616 e. The van der Waals surface area contributed by atoms with Crippen molar-refractivity contribution in [3.63, 3.8) is 0 Å². The van der Waals surface area contributed by atoms with E-state index >= 15 is 0 Å². The van der Waals surface area contributed by atoms with E-state index in [1.54, 1.807) is 0 Å². The predicted molar refractivity (Wildman–Crippen MR) is 86.8 cm³/mol. The molecule has 0 nitrogen and oxygen atoms in total. The van der Waals surface area contributed by atoms with Crippen LogP contribution >= 0.6 is 0 Å². The minimum atomic E-state index is 1.27. The summed E-state index contributed by atoms with van der Waals surface area (Å²) in [5.41, 5.74) is 7.70. The lowest BCUT2D eigenvalue weighted by Crippen LogP contribution is -1.85. The average Bonchev–Trinajstić information content (AvgIpc) is 2.49. The Morgan fingerprint density at radius 3 is 1.15 bits per heavy atom. The third kappa shape index (κ3) is 2.50. The van der Waals surface area contributed by atoms with Gasteiger partial charge in [-0.15, -0.1) is 0 Å². The summed E-state index contributed by atoms with van der Waals surface area (Å²) in [5, 5.41) is 0. The molecule has 0 N–H and O–H groups in total. The quantitative estimate of drug-likeness (QED) is 0.558. The van der Waals surface area contributed by atoms with Crippen molar-refractivity contribution in [3.8, 4) is 22.3 Å². The molecule has 0 aliphatic carbocycles. The first-order valence-electron chi connectivity index (χ1n) is 6.97. The van der Waals surface area contributed by atoms with Crippen LogP contribution in [0.4, 0.5) is 0 Å². The molecule has 0 saturated carbocycles. The van der Waals surface area contributed by atoms with Gasteiger partial charge in [-0.1, -0.05) is 83.9 Å². The van der Waals surface area contributed by atoms with Crippen molar-refractivity contribution in [2.24, 2.45) is 0 Å². The molecule has 0 radical (unpaired) electrons. The van der Waals surface area contributed by atoms with Crippen molar-refractivity contribution in [3.05, 3.63) is 83.9 Å². The molecule has 0 heteroatoms. The van der Waals surface area contributed by atoms with Gasteiger partial charge in [-0.2, -0.15) is 0 Å². The molecular weight excluding hydrogens is 240 g/mol. The minimum absolute atomic E-state index is 1.27. The molecule has 0 amide bonds. The first kappa shape index (κ1) is 12.7. The topological polar surface area (TPSA) is 0 Å². The first-order chi connectivity index (χ1) is 9.74. The third-order valence-corrected chi connectivity index (χ3v) is 3.65. The molecule has 3 aromatic rings. The molecule has 0 unspecified atom stereocenters. The Labute approximate surface area is 120 Å². The summed E-state index contributed by atoms with van der Waals surface area (Å²) in [5.74, 6) is 0. The molecule has 0 aliphatic rings. The van der Waals surface area contributed by atoms with Gasteiger partial charge >= 0.3 is 0 Å². The molecule has 0 saturated heterocycles. The van der Waals surface area contributed by atoms with E-state index in [0.29, 0.717) is 0 Å². The molecule has 98 valence electrons. The van der Waals surface area contributed by atoms with E-state index < -0.39 is 0 Å². The first-order valence-corrected chi connectivity index (χ1v) is 6.97.